The molecule has 1 amide bonds. The van der Waals surface area contributed by atoms with Crippen molar-refractivity contribution in [1.29, 1.82) is 0 Å². The molecular weight excluding hydrogens is 371 g/mol. The van der Waals surface area contributed by atoms with Crippen LogP contribution in [0.15, 0.2) is 24.5 Å². The number of likely N-dealkylation sites (tertiary alicyclic amines) is 1. The van der Waals surface area contributed by atoms with Gasteiger partial charge in [0.2, 0.25) is 5.91 Å². The van der Waals surface area contributed by atoms with Crippen molar-refractivity contribution in [3.8, 4) is 11.3 Å². The van der Waals surface area contributed by atoms with Gasteiger partial charge in [0.15, 0.2) is 0 Å². The van der Waals surface area contributed by atoms with Gasteiger partial charge >= 0.3 is 6.18 Å². The minimum atomic E-state index is -4.45. The van der Waals surface area contributed by atoms with Gasteiger partial charge in [-0.3, -0.25) is 9.48 Å². The summed E-state index contributed by atoms with van der Waals surface area (Å²) in [6.45, 7) is 2.97. The van der Waals surface area contributed by atoms with E-state index in [1.54, 1.807) is 11.6 Å². The van der Waals surface area contributed by atoms with E-state index in [1.165, 1.54) is 12.3 Å². The zero-order valence-corrected chi connectivity index (χ0v) is 15.5. The van der Waals surface area contributed by atoms with E-state index in [4.69, 9.17) is 0 Å². The molecule has 4 rings (SSSR count). The Morgan fingerprint density at radius 3 is 2.61 bits per heavy atom. The number of carbonyl (C=O) groups excluding carboxylic acids is 1. The number of amides is 1. The average molecular weight is 391 g/mol. The molecule has 1 fully saturated rings. The topological polar surface area (TPSA) is 66.8 Å². The molecule has 0 aromatic carbocycles. The van der Waals surface area contributed by atoms with Crippen molar-refractivity contribution < 1.29 is 18.0 Å². The first-order chi connectivity index (χ1) is 13.2. The first kappa shape index (κ1) is 18.5. The summed E-state index contributed by atoms with van der Waals surface area (Å²) in [7, 11) is 1.83. The zero-order chi connectivity index (χ0) is 20.1. The van der Waals surface area contributed by atoms with Crippen LogP contribution < -0.4 is 0 Å². The molecule has 1 aliphatic rings. The van der Waals surface area contributed by atoms with Crippen LogP contribution >= 0.6 is 0 Å². The second-order valence-electron chi connectivity index (χ2n) is 7.18. The molecule has 0 unspecified atom stereocenters. The Bertz CT molecular complexity index is 1030. The number of fused-ring (bicyclic) bond motifs is 1. The Hall–Kier alpha value is -2.84. The fourth-order valence-corrected chi connectivity index (χ4v) is 3.87. The Labute approximate surface area is 159 Å². The number of aromatic nitrogens is 4. The molecule has 3 aromatic heterocycles. The monoisotopic (exact) mass is 391 g/mol. The lowest BCUT2D eigenvalue weighted by Gasteiger charge is -2.31. The number of hydrogen-bond donors (Lipinski definition) is 1. The molecule has 0 atom stereocenters. The maximum atomic E-state index is 13.2. The Balaban J connectivity index is 1.64. The molecule has 1 aliphatic heterocycles. The van der Waals surface area contributed by atoms with Gasteiger partial charge in [0.25, 0.3) is 0 Å². The van der Waals surface area contributed by atoms with E-state index in [2.05, 4.69) is 15.1 Å². The number of pyridine rings is 1. The number of H-pyrrole nitrogens is 1. The van der Waals surface area contributed by atoms with E-state index in [9.17, 15) is 18.0 Å². The number of nitrogens with zero attached hydrogens (tertiary/aromatic N) is 4. The number of carbonyl (C=O) groups is 1. The highest BCUT2D eigenvalue weighted by Gasteiger charge is 2.34. The lowest BCUT2D eigenvalue weighted by molar-refractivity contribution is -0.136. The van der Waals surface area contributed by atoms with Gasteiger partial charge in [0.05, 0.1) is 11.3 Å². The van der Waals surface area contributed by atoms with Crippen LogP contribution in [-0.2, 0) is 18.0 Å². The molecule has 6 nitrogen and oxygen atoms in total. The van der Waals surface area contributed by atoms with Gasteiger partial charge in [-0.15, -0.1) is 0 Å². The third-order valence-corrected chi connectivity index (χ3v) is 5.41. The molecule has 1 saturated heterocycles. The summed E-state index contributed by atoms with van der Waals surface area (Å²) in [5.74, 6) is 0.340. The minimum Gasteiger partial charge on any atom is -0.346 e. The summed E-state index contributed by atoms with van der Waals surface area (Å²) in [6, 6.07) is 3.39. The van der Waals surface area contributed by atoms with Crippen LogP contribution in [0.3, 0.4) is 0 Å². The zero-order valence-electron chi connectivity index (χ0n) is 15.5. The summed E-state index contributed by atoms with van der Waals surface area (Å²) in [5, 5.41) is 4.53. The number of aromatic amines is 1. The molecule has 1 N–H and O–H groups in total. The molecule has 28 heavy (non-hydrogen) atoms. The van der Waals surface area contributed by atoms with Gasteiger partial charge in [-0.2, -0.15) is 18.3 Å². The Morgan fingerprint density at radius 2 is 1.96 bits per heavy atom. The maximum absolute atomic E-state index is 13.2. The van der Waals surface area contributed by atoms with Crippen LogP contribution in [0, 0.1) is 0 Å². The molecular formula is C19H20F3N5O. The maximum Gasteiger partial charge on any atom is 0.418 e. The number of hydrogen-bond acceptors (Lipinski definition) is 3. The van der Waals surface area contributed by atoms with Gasteiger partial charge < -0.3 is 9.88 Å². The van der Waals surface area contributed by atoms with Gasteiger partial charge in [0.1, 0.15) is 5.65 Å². The van der Waals surface area contributed by atoms with Crippen molar-refractivity contribution in [3.63, 3.8) is 0 Å². The minimum absolute atomic E-state index is 0.0342. The number of alkyl halides is 3. The molecule has 148 valence electrons. The highest BCUT2D eigenvalue weighted by Crippen LogP contribution is 2.36. The van der Waals surface area contributed by atoms with Gasteiger partial charge in [-0.25, -0.2) is 4.98 Å². The number of rotatable bonds is 2. The van der Waals surface area contributed by atoms with Crippen molar-refractivity contribution in [2.24, 2.45) is 7.05 Å². The number of nitrogens with one attached hydrogen (secondary N) is 1. The lowest BCUT2D eigenvalue weighted by Crippen LogP contribution is -2.36. The number of halogens is 3. The van der Waals surface area contributed by atoms with Crippen molar-refractivity contribution in [1.82, 2.24) is 24.6 Å². The fraction of sp³-hybridized carbons (Fsp3) is 0.421. The van der Waals surface area contributed by atoms with Crippen LogP contribution in [0.1, 0.15) is 36.9 Å². The van der Waals surface area contributed by atoms with Crippen LogP contribution in [0.4, 0.5) is 13.2 Å². The van der Waals surface area contributed by atoms with Gasteiger partial charge in [-0.1, -0.05) is 0 Å². The van der Waals surface area contributed by atoms with E-state index >= 15 is 0 Å². The lowest BCUT2D eigenvalue weighted by atomic mass is 9.93. The molecule has 9 heteroatoms. The number of aryl methyl sites for hydroxylation is 1. The standard InChI is InChI=1S/C19H20F3N5O/c1-11(28)27-5-3-12(4-6-27)17-8-16(25-26(17)2)13-7-14-15(19(20,21)22)10-24-18(14)23-9-13/h7-10,12H,3-6H2,1-2H3,(H,23,24). The average Bonchev–Trinajstić information content (AvgIpc) is 3.24. The van der Waals surface area contributed by atoms with Crippen LogP contribution in [-0.4, -0.2) is 43.6 Å². The summed E-state index contributed by atoms with van der Waals surface area (Å²) in [5.41, 5.74) is 1.62. The molecule has 0 spiro atoms. The van der Waals surface area contributed by atoms with E-state index in [0.29, 0.717) is 24.3 Å². The largest absolute Gasteiger partial charge is 0.418 e. The molecule has 4 heterocycles. The highest BCUT2D eigenvalue weighted by molar-refractivity contribution is 5.84. The summed E-state index contributed by atoms with van der Waals surface area (Å²) in [4.78, 5) is 20.0. The van der Waals surface area contributed by atoms with E-state index in [0.717, 1.165) is 24.7 Å². The fourth-order valence-electron chi connectivity index (χ4n) is 3.87. The van der Waals surface area contributed by atoms with E-state index in [-0.39, 0.29) is 22.9 Å². The molecule has 0 bridgehead atoms. The third kappa shape index (κ3) is 3.25. The first-order valence-corrected chi connectivity index (χ1v) is 9.08. The van der Waals surface area contributed by atoms with Crippen LogP contribution in [0.25, 0.3) is 22.3 Å². The summed E-state index contributed by atoms with van der Waals surface area (Å²) < 4.78 is 41.3. The van der Waals surface area contributed by atoms with Crippen LogP contribution in [0.2, 0.25) is 0 Å². The SMILES string of the molecule is CC(=O)N1CCC(c2cc(-c3cnc4[nH]cc(C(F)(F)F)c4c3)nn2C)CC1. The summed E-state index contributed by atoms with van der Waals surface area (Å²) >= 11 is 0. The first-order valence-electron chi connectivity index (χ1n) is 9.08. The van der Waals surface area contributed by atoms with Crippen molar-refractivity contribution in [2.75, 3.05) is 13.1 Å². The quantitative estimate of drug-likeness (QED) is 0.724. The van der Waals surface area contributed by atoms with Crippen LogP contribution in [0.5, 0.6) is 0 Å². The molecule has 0 aliphatic carbocycles. The predicted octanol–water partition coefficient (Wildman–Crippen LogP) is 3.71. The third-order valence-electron chi connectivity index (χ3n) is 5.41. The van der Waals surface area contributed by atoms with E-state index < -0.39 is 11.7 Å². The molecule has 0 saturated carbocycles. The van der Waals surface area contributed by atoms with Gasteiger partial charge in [-0.05, 0) is 25.0 Å². The molecule has 3 aromatic rings. The highest BCUT2D eigenvalue weighted by atomic mass is 19.4. The van der Waals surface area contributed by atoms with Crippen molar-refractivity contribution in [3.05, 3.63) is 35.8 Å². The summed E-state index contributed by atoms with van der Waals surface area (Å²) in [6.07, 6.45) is -0.298. The van der Waals surface area contributed by atoms with Crippen molar-refractivity contribution >= 4 is 16.9 Å². The second-order valence-corrected chi connectivity index (χ2v) is 7.18. The van der Waals surface area contributed by atoms with Crippen molar-refractivity contribution in [2.45, 2.75) is 31.9 Å². The smallest absolute Gasteiger partial charge is 0.346 e. The Kier molecular flexibility index (Phi) is 4.40. The van der Waals surface area contributed by atoms with Gasteiger partial charge in [0, 0.05) is 62.0 Å². The normalized spacial score (nSPS) is 16.1. The Morgan fingerprint density at radius 1 is 1.25 bits per heavy atom. The molecule has 0 radical (unpaired) electrons. The second kappa shape index (κ2) is 6.65. The predicted molar refractivity (Wildman–Crippen MR) is 97.5 cm³/mol. The number of piperidine rings is 1. The van der Waals surface area contributed by atoms with E-state index in [1.807, 2.05) is 18.0 Å².